The van der Waals surface area contributed by atoms with Crippen molar-refractivity contribution in [2.75, 3.05) is 13.6 Å². The van der Waals surface area contributed by atoms with Crippen LogP contribution < -0.4 is 5.90 Å². The molecule has 0 aliphatic carbocycles. The Kier molecular flexibility index (Phi) is 3.42. The Morgan fingerprint density at radius 1 is 1.60 bits per heavy atom. The van der Waals surface area contributed by atoms with Gasteiger partial charge in [0.1, 0.15) is 6.54 Å². The molecule has 0 aliphatic heterocycles. The molecule has 0 aromatic carbocycles. The van der Waals surface area contributed by atoms with Crippen LogP contribution in [0, 0.1) is 0 Å². The van der Waals surface area contributed by atoms with Gasteiger partial charge in [0.15, 0.2) is 0 Å². The lowest BCUT2D eigenvalue weighted by Crippen LogP contribution is -2.32. The molecule has 0 saturated heterocycles. The van der Waals surface area contributed by atoms with Gasteiger partial charge in [0, 0.05) is 14.0 Å². The molecule has 0 saturated carbocycles. The third-order valence-corrected chi connectivity index (χ3v) is 1.04. The molecule has 0 aromatic rings. The fourth-order valence-electron chi connectivity index (χ4n) is 0.342. The summed E-state index contributed by atoms with van der Waals surface area (Å²) in [6, 6.07) is 0. The molecule has 10 heavy (non-hydrogen) atoms. The van der Waals surface area contributed by atoms with Gasteiger partial charge in [-0.05, 0) is 0 Å². The van der Waals surface area contributed by atoms with E-state index in [0.717, 1.165) is 0 Å². The molecule has 0 rings (SSSR count). The molecular formula is C5H10N2O3. The number of nitrogens with two attached hydrogens (primary N) is 1. The van der Waals surface area contributed by atoms with Gasteiger partial charge in [0.25, 0.3) is 0 Å². The fraction of sp³-hybridized carbons (Fsp3) is 0.600. The van der Waals surface area contributed by atoms with E-state index < -0.39 is 5.97 Å². The van der Waals surface area contributed by atoms with Gasteiger partial charge >= 0.3 is 5.97 Å². The maximum atomic E-state index is 10.5. The number of carbonyl (C=O) groups is 2. The zero-order valence-electron chi connectivity index (χ0n) is 5.96. The zero-order chi connectivity index (χ0) is 8.15. The highest BCUT2D eigenvalue weighted by molar-refractivity contribution is 5.79. The lowest BCUT2D eigenvalue weighted by atomic mass is 10.5. The molecule has 1 amide bonds. The van der Waals surface area contributed by atoms with Gasteiger partial charge < -0.3 is 9.74 Å². The smallest absolute Gasteiger partial charge is 0.344 e. The second-order valence-corrected chi connectivity index (χ2v) is 1.86. The summed E-state index contributed by atoms with van der Waals surface area (Å²) in [5.74, 6) is 3.70. The molecule has 0 heterocycles. The third kappa shape index (κ3) is 3.03. The van der Waals surface area contributed by atoms with Crippen LogP contribution >= 0.6 is 0 Å². The summed E-state index contributed by atoms with van der Waals surface area (Å²) < 4.78 is 0. The van der Waals surface area contributed by atoms with Gasteiger partial charge in [-0.15, -0.1) is 0 Å². The van der Waals surface area contributed by atoms with Crippen molar-refractivity contribution in [1.29, 1.82) is 0 Å². The number of carbonyl (C=O) groups excluding carboxylic acids is 2. The van der Waals surface area contributed by atoms with Crippen molar-refractivity contribution in [3.05, 3.63) is 0 Å². The van der Waals surface area contributed by atoms with E-state index >= 15 is 0 Å². The molecule has 0 atom stereocenters. The Balaban J connectivity index is 3.68. The number of hydrogen-bond acceptors (Lipinski definition) is 4. The highest BCUT2D eigenvalue weighted by Gasteiger charge is 2.07. The molecule has 5 nitrogen and oxygen atoms in total. The zero-order valence-corrected chi connectivity index (χ0v) is 5.96. The monoisotopic (exact) mass is 146 g/mol. The minimum atomic E-state index is -0.627. The molecule has 58 valence electrons. The molecular weight excluding hydrogens is 136 g/mol. The van der Waals surface area contributed by atoms with Crippen molar-refractivity contribution in [3.8, 4) is 0 Å². The number of amides is 1. The van der Waals surface area contributed by atoms with Crippen LogP contribution in [0.3, 0.4) is 0 Å². The molecule has 0 radical (unpaired) electrons. The van der Waals surface area contributed by atoms with Crippen molar-refractivity contribution >= 4 is 11.9 Å². The molecule has 5 heteroatoms. The SMILES string of the molecule is CC(=O)N(C)CC(=O)ON. The Bertz CT molecular complexity index is 146. The molecule has 0 spiro atoms. The lowest BCUT2D eigenvalue weighted by Gasteiger charge is -2.11. The second-order valence-electron chi connectivity index (χ2n) is 1.86. The quantitative estimate of drug-likeness (QED) is 0.501. The summed E-state index contributed by atoms with van der Waals surface area (Å²) in [5.41, 5.74) is 0. The van der Waals surface area contributed by atoms with Crippen molar-refractivity contribution < 1.29 is 14.4 Å². The molecule has 0 bridgehead atoms. The van der Waals surface area contributed by atoms with Gasteiger partial charge in [-0.25, -0.2) is 4.79 Å². The first-order chi connectivity index (χ1) is 4.57. The number of likely N-dealkylation sites (N-methyl/N-ethyl adjacent to an activating group) is 1. The standard InChI is InChI=1S/C5H10N2O3/c1-4(8)7(2)3-5(9)10-6/h3,6H2,1-2H3. The molecule has 2 N–H and O–H groups in total. The lowest BCUT2D eigenvalue weighted by molar-refractivity contribution is -0.148. The van der Waals surface area contributed by atoms with E-state index in [9.17, 15) is 9.59 Å². The van der Waals surface area contributed by atoms with E-state index in [1.54, 1.807) is 0 Å². The van der Waals surface area contributed by atoms with Gasteiger partial charge in [-0.2, -0.15) is 5.90 Å². The van der Waals surface area contributed by atoms with Crippen molar-refractivity contribution in [2.45, 2.75) is 6.92 Å². The van der Waals surface area contributed by atoms with Crippen LogP contribution in [-0.4, -0.2) is 30.4 Å². The average molecular weight is 146 g/mol. The summed E-state index contributed by atoms with van der Waals surface area (Å²) in [6.07, 6.45) is 0. The van der Waals surface area contributed by atoms with E-state index in [2.05, 4.69) is 10.7 Å². The molecule has 0 unspecified atom stereocenters. The molecule has 0 aliphatic rings. The highest BCUT2D eigenvalue weighted by atomic mass is 16.7. The van der Waals surface area contributed by atoms with E-state index in [-0.39, 0.29) is 12.5 Å². The second kappa shape index (κ2) is 3.84. The Hall–Kier alpha value is -1.10. The number of nitrogens with zero attached hydrogens (tertiary/aromatic N) is 1. The predicted octanol–water partition coefficient (Wildman–Crippen LogP) is -1.12. The molecule has 0 aromatic heterocycles. The normalized spacial score (nSPS) is 8.70. The van der Waals surface area contributed by atoms with Crippen LogP contribution in [0.25, 0.3) is 0 Å². The van der Waals surface area contributed by atoms with E-state index in [0.29, 0.717) is 0 Å². The first-order valence-electron chi connectivity index (χ1n) is 2.69. The van der Waals surface area contributed by atoms with E-state index in [4.69, 9.17) is 0 Å². The van der Waals surface area contributed by atoms with Crippen molar-refractivity contribution in [1.82, 2.24) is 4.90 Å². The van der Waals surface area contributed by atoms with Gasteiger partial charge in [0.05, 0.1) is 0 Å². The van der Waals surface area contributed by atoms with Gasteiger partial charge in [0.2, 0.25) is 5.91 Å². The predicted molar refractivity (Wildman–Crippen MR) is 33.6 cm³/mol. The summed E-state index contributed by atoms with van der Waals surface area (Å²) in [5, 5.41) is 0. The van der Waals surface area contributed by atoms with Crippen LogP contribution in [0.5, 0.6) is 0 Å². The van der Waals surface area contributed by atoms with E-state index in [1.807, 2.05) is 0 Å². The van der Waals surface area contributed by atoms with Gasteiger partial charge in [-0.3, -0.25) is 4.79 Å². The Morgan fingerprint density at radius 3 is 2.40 bits per heavy atom. The maximum absolute atomic E-state index is 10.5. The van der Waals surface area contributed by atoms with Crippen LogP contribution in [0.1, 0.15) is 6.92 Å². The minimum Gasteiger partial charge on any atom is -0.372 e. The fourth-order valence-corrected chi connectivity index (χ4v) is 0.342. The summed E-state index contributed by atoms with van der Waals surface area (Å²) in [4.78, 5) is 25.9. The van der Waals surface area contributed by atoms with Crippen LogP contribution in [0.15, 0.2) is 0 Å². The average Bonchev–Trinajstić information content (AvgIpc) is 1.87. The largest absolute Gasteiger partial charge is 0.372 e. The summed E-state index contributed by atoms with van der Waals surface area (Å²) in [7, 11) is 1.49. The van der Waals surface area contributed by atoms with Crippen LogP contribution in [0.4, 0.5) is 0 Å². The number of hydrogen-bond donors (Lipinski definition) is 1. The topological polar surface area (TPSA) is 72.6 Å². The van der Waals surface area contributed by atoms with Crippen molar-refractivity contribution in [2.24, 2.45) is 5.90 Å². The molecule has 0 fully saturated rings. The van der Waals surface area contributed by atoms with Crippen molar-refractivity contribution in [3.63, 3.8) is 0 Å². The Morgan fingerprint density at radius 2 is 2.10 bits per heavy atom. The minimum absolute atomic E-state index is 0.105. The van der Waals surface area contributed by atoms with Gasteiger partial charge in [-0.1, -0.05) is 0 Å². The highest BCUT2D eigenvalue weighted by Crippen LogP contribution is 1.82. The summed E-state index contributed by atoms with van der Waals surface area (Å²) >= 11 is 0. The summed E-state index contributed by atoms with van der Waals surface area (Å²) in [6.45, 7) is 1.25. The Labute approximate surface area is 58.7 Å². The third-order valence-electron chi connectivity index (χ3n) is 1.04. The van der Waals surface area contributed by atoms with E-state index in [1.165, 1.54) is 18.9 Å². The first kappa shape index (κ1) is 8.90. The maximum Gasteiger partial charge on any atom is 0.344 e. The first-order valence-corrected chi connectivity index (χ1v) is 2.69. The van der Waals surface area contributed by atoms with Crippen LogP contribution in [-0.2, 0) is 14.4 Å². The number of rotatable bonds is 2. The van der Waals surface area contributed by atoms with Crippen LogP contribution in [0.2, 0.25) is 0 Å².